The minimum absolute atomic E-state index is 0.0298. The van der Waals surface area contributed by atoms with Crippen molar-refractivity contribution in [3.05, 3.63) is 38.9 Å². The Labute approximate surface area is 153 Å². The van der Waals surface area contributed by atoms with E-state index in [4.69, 9.17) is 16.3 Å². The number of benzene rings is 1. The van der Waals surface area contributed by atoms with Gasteiger partial charge in [0.1, 0.15) is 5.02 Å². The zero-order valence-corrected chi connectivity index (χ0v) is 15.3. The molecule has 2 saturated heterocycles. The third-order valence-corrected chi connectivity index (χ3v) is 5.76. The Balaban J connectivity index is 1.63. The van der Waals surface area contributed by atoms with Gasteiger partial charge >= 0.3 is 0 Å². The summed E-state index contributed by atoms with van der Waals surface area (Å²) in [5.74, 6) is 0. The molecule has 1 N–H and O–H groups in total. The van der Waals surface area contributed by atoms with E-state index in [2.05, 4.69) is 10.2 Å². The van der Waals surface area contributed by atoms with Gasteiger partial charge in [0.25, 0.3) is 5.69 Å². The average Bonchev–Trinajstić information content (AvgIpc) is 2.64. The summed E-state index contributed by atoms with van der Waals surface area (Å²) in [5.41, 5.74) is 1.01. The van der Waals surface area contributed by atoms with E-state index in [0.717, 1.165) is 51.3 Å². The topological polar surface area (TPSA) is 67.6 Å². The second-order valence-electron chi connectivity index (χ2n) is 7.03. The van der Waals surface area contributed by atoms with Crippen LogP contribution in [0.15, 0.2) is 18.2 Å². The molecule has 0 atom stereocenters. The third-order valence-electron chi connectivity index (χ3n) is 5.44. The first-order chi connectivity index (χ1) is 12.1. The van der Waals surface area contributed by atoms with Crippen molar-refractivity contribution >= 4 is 17.3 Å². The fourth-order valence-electron chi connectivity index (χ4n) is 3.97. The molecule has 2 aliphatic heterocycles. The molecule has 0 unspecified atom stereocenters. The van der Waals surface area contributed by atoms with Crippen molar-refractivity contribution in [3.63, 3.8) is 0 Å². The highest BCUT2D eigenvalue weighted by molar-refractivity contribution is 6.32. The molecule has 138 valence electrons. The Bertz CT molecular complexity index is 599. The van der Waals surface area contributed by atoms with E-state index in [1.54, 1.807) is 12.1 Å². The molecule has 3 rings (SSSR count). The maximum Gasteiger partial charge on any atom is 0.288 e. The van der Waals surface area contributed by atoms with E-state index >= 15 is 0 Å². The number of piperidine rings is 1. The summed E-state index contributed by atoms with van der Waals surface area (Å²) in [5, 5.41) is 14.7. The van der Waals surface area contributed by atoms with E-state index in [1.807, 2.05) is 6.07 Å². The lowest BCUT2D eigenvalue weighted by atomic mass is 9.86. The van der Waals surface area contributed by atoms with Gasteiger partial charge in [-0.3, -0.25) is 15.0 Å². The summed E-state index contributed by atoms with van der Waals surface area (Å²) in [6, 6.07) is 5.01. The molecule has 6 nitrogen and oxygen atoms in total. The molecule has 1 aromatic rings. The maximum absolute atomic E-state index is 11.0. The van der Waals surface area contributed by atoms with Crippen LogP contribution >= 0.6 is 11.6 Å². The maximum atomic E-state index is 11.0. The summed E-state index contributed by atoms with van der Waals surface area (Å²) < 4.78 is 5.59. The van der Waals surface area contributed by atoms with Gasteiger partial charge in [-0.05, 0) is 50.4 Å². The first kappa shape index (κ1) is 18.6. The zero-order valence-electron chi connectivity index (χ0n) is 14.5. The minimum atomic E-state index is -0.431. The molecular weight excluding hydrogens is 342 g/mol. The van der Waals surface area contributed by atoms with Crippen molar-refractivity contribution in [2.75, 3.05) is 32.8 Å². The number of halogens is 1. The molecule has 2 fully saturated rings. The molecule has 0 radical (unpaired) electrons. The van der Waals surface area contributed by atoms with Crippen LogP contribution in [-0.4, -0.2) is 48.2 Å². The standard InChI is InChI=1S/C18H26ClN3O3/c19-16-5-4-15(12-17(16)22(23)24)13-20-14-18(6-10-25-11-7-18)21-8-2-1-3-9-21/h4-5,12,20H,1-3,6-11,13-14H2. The van der Waals surface area contributed by atoms with Crippen LogP contribution in [0.25, 0.3) is 0 Å². The highest BCUT2D eigenvalue weighted by atomic mass is 35.5. The second kappa shape index (κ2) is 8.45. The number of nitrogens with zero attached hydrogens (tertiary/aromatic N) is 2. The van der Waals surface area contributed by atoms with Crippen molar-refractivity contribution in [3.8, 4) is 0 Å². The van der Waals surface area contributed by atoms with E-state index < -0.39 is 4.92 Å². The van der Waals surface area contributed by atoms with Crippen LogP contribution in [-0.2, 0) is 11.3 Å². The van der Waals surface area contributed by atoms with Gasteiger partial charge in [-0.1, -0.05) is 24.1 Å². The molecule has 7 heteroatoms. The molecule has 0 spiro atoms. The van der Waals surface area contributed by atoms with E-state index in [0.29, 0.717) is 6.54 Å². The molecule has 0 saturated carbocycles. The summed E-state index contributed by atoms with van der Waals surface area (Å²) in [6.07, 6.45) is 5.95. The SMILES string of the molecule is O=[N+]([O-])c1cc(CNCC2(N3CCCCC3)CCOCC2)ccc1Cl. The largest absolute Gasteiger partial charge is 0.381 e. The molecule has 0 amide bonds. The summed E-state index contributed by atoms with van der Waals surface area (Å²) in [6.45, 7) is 5.43. The van der Waals surface area contributed by atoms with Crippen LogP contribution in [0.1, 0.15) is 37.7 Å². The van der Waals surface area contributed by atoms with Gasteiger partial charge in [0.15, 0.2) is 0 Å². The number of nitrogens with one attached hydrogen (secondary N) is 1. The number of likely N-dealkylation sites (tertiary alicyclic amines) is 1. The van der Waals surface area contributed by atoms with Gasteiger partial charge in [-0.2, -0.15) is 0 Å². The summed E-state index contributed by atoms with van der Waals surface area (Å²) in [7, 11) is 0. The highest BCUT2D eigenvalue weighted by Crippen LogP contribution is 2.30. The Hall–Kier alpha value is -1.21. The van der Waals surface area contributed by atoms with Crippen molar-refractivity contribution in [2.24, 2.45) is 0 Å². The van der Waals surface area contributed by atoms with E-state index in [-0.39, 0.29) is 16.2 Å². The predicted molar refractivity (Wildman–Crippen MR) is 98.0 cm³/mol. The van der Waals surface area contributed by atoms with Crippen LogP contribution in [0, 0.1) is 10.1 Å². The molecule has 25 heavy (non-hydrogen) atoms. The summed E-state index contributed by atoms with van der Waals surface area (Å²) in [4.78, 5) is 13.2. The predicted octanol–water partition coefficient (Wildman–Crippen LogP) is 3.37. The molecule has 0 aromatic heterocycles. The Kier molecular flexibility index (Phi) is 6.28. The quantitative estimate of drug-likeness (QED) is 0.616. The van der Waals surface area contributed by atoms with E-state index in [9.17, 15) is 10.1 Å². The number of nitro benzene ring substituents is 1. The monoisotopic (exact) mass is 367 g/mol. The minimum Gasteiger partial charge on any atom is -0.381 e. The van der Waals surface area contributed by atoms with Crippen molar-refractivity contribution in [1.29, 1.82) is 0 Å². The molecular formula is C18H26ClN3O3. The van der Waals surface area contributed by atoms with Crippen LogP contribution in [0.4, 0.5) is 5.69 Å². The smallest absolute Gasteiger partial charge is 0.288 e. The van der Waals surface area contributed by atoms with Gasteiger partial charge < -0.3 is 10.1 Å². The lowest BCUT2D eigenvalue weighted by Crippen LogP contribution is -2.59. The van der Waals surface area contributed by atoms with Crippen molar-refractivity contribution in [1.82, 2.24) is 10.2 Å². The number of rotatable bonds is 6. The van der Waals surface area contributed by atoms with Crippen LogP contribution in [0.2, 0.25) is 5.02 Å². The third kappa shape index (κ3) is 4.50. The first-order valence-corrected chi connectivity index (χ1v) is 9.45. The lowest BCUT2D eigenvalue weighted by molar-refractivity contribution is -0.384. The fraction of sp³-hybridized carbons (Fsp3) is 0.667. The van der Waals surface area contributed by atoms with Crippen molar-refractivity contribution in [2.45, 2.75) is 44.2 Å². The normalized spacial score (nSPS) is 21.2. The van der Waals surface area contributed by atoms with Gasteiger partial charge in [0.05, 0.1) is 4.92 Å². The van der Waals surface area contributed by atoms with Gasteiger partial charge in [0.2, 0.25) is 0 Å². The van der Waals surface area contributed by atoms with Gasteiger partial charge in [-0.15, -0.1) is 0 Å². The van der Waals surface area contributed by atoms with Crippen LogP contribution in [0.3, 0.4) is 0 Å². The number of ether oxygens (including phenoxy) is 1. The van der Waals surface area contributed by atoms with Crippen molar-refractivity contribution < 1.29 is 9.66 Å². The molecule has 2 aliphatic rings. The fourth-order valence-corrected chi connectivity index (χ4v) is 4.16. The highest BCUT2D eigenvalue weighted by Gasteiger charge is 2.38. The summed E-state index contributed by atoms with van der Waals surface area (Å²) >= 11 is 5.89. The van der Waals surface area contributed by atoms with Gasteiger partial charge in [-0.25, -0.2) is 0 Å². The average molecular weight is 368 g/mol. The Morgan fingerprint density at radius 1 is 1.24 bits per heavy atom. The first-order valence-electron chi connectivity index (χ1n) is 9.07. The number of hydrogen-bond acceptors (Lipinski definition) is 5. The Morgan fingerprint density at radius 2 is 1.96 bits per heavy atom. The second-order valence-corrected chi connectivity index (χ2v) is 7.44. The van der Waals surface area contributed by atoms with Crippen LogP contribution < -0.4 is 5.32 Å². The number of nitro groups is 1. The molecule has 0 bridgehead atoms. The molecule has 2 heterocycles. The molecule has 1 aromatic carbocycles. The zero-order chi connectivity index (χ0) is 17.7. The van der Waals surface area contributed by atoms with Gasteiger partial charge in [0, 0.05) is 37.9 Å². The molecule has 0 aliphatic carbocycles. The number of hydrogen-bond donors (Lipinski definition) is 1. The Morgan fingerprint density at radius 3 is 2.64 bits per heavy atom. The lowest BCUT2D eigenvalue weighted by Gasteiger charge is -2.48. The van der Waals surface area contributed by atoms with Crippen LogP contribution in [0.5, 0.6) is 0 Å². The van der Waals surface area contributed by atoms with E-state index in [1.165, 1.54) is 19.3 Å².